The Morgan fingerprint density at radius 3 is 2.24 bits per heavy atom. The van der Waals surface area contributed by atoms with Gasteiger partial charge in [-0.2, -0.15) is 0 Å². The maximum Gasteiger partial charge on any atom is 0.169 e. The standard InChI is InChI=1S/C14H26N2S/c1-2-16(13-10-6-7-11-13)14(17)15-12-8-4-3-5-9-12/h12-13H,2-11H2,1H3,(H,15,17). The molecule has 0 bridgehead atoms. The fourth-order valence-corrected chi connectivity index (χ4v) is 3.73. The van der Waals surface area contributed by atoms with Crippen LogP contribution in [0.15, 0.2) is 0 Å². The van der Waals surface area contributed by atoms with E-state index < -0.39 is 0 Å². The lowest BCUT2D eigenvalue weighted by Gasteiger charge is -2.34. The summed E-state index contributed by atoms with van der Waals surface area (Å²) in [6.45, 7) is 3.29. The van der Waals surface area contributed by atoms with E-state index in [2.05, 4.69) is 17.1 Å². The molecule has 2 aliphatic carbocycles. The summed E-state index contributed by atoms with van der Waals surface area (Å²) >= 11 is 5.61. The van der Waals surface area contributed by atoms with Gasteiger partial charge in [-0.05, 0) is 44.8 Å². The molecule has 1 N–H and O–H groups in total. The van der Waals surface area contributed by atoms with E-state index in [1.54, 1.807) is 0 Å². The molecule has 2 nitrogen and oxygen atoms in total. The SMILES string of the molecule is CCN(C(=S)NC1CCCCC1)C1CCCC1. The monoisotopic (exact) mass is 254 g/mol. The van der Waals surface area contributed by atoms with Crippen LogP contribution < -0.4 is 5.32 Å². The number of hydrogen-bond donors (Lipinski definition) is 1. The molecule has 0 aliphatic heterocycles. The van der Waals surface area contributed by atoms with Crippen molar-refractivity contribution in [2.45, 2.75) is 76.8 Å². The lowest BCUT2D eigenvalue weighted by Crippen LogP contribution is -2.48. The highest BCUT2D eigenvalue weighted by Crippen LogP contribution is 2.24. The predicted molar refractivity (Wildman–Crippen MR) is 77.2 cm³/mol. The van der Waals surface area contributed by atoms with Crippen LogP contribution in [-0.4, -0.2) is 28.6 Å². The average molecular weight is 254 g/mol. The fourth-order valence-electron chi connectivity index (χ4n) is 3.29. The van der Waals surface area contributed by atoms with Crippen LogP contribution in [0.25, 0.3) is 0 Å². The summed E-state index contributed by atoms with van der Waals surface area (Å²) < 4.78 is 0. The van der Waals surface area contributed by atoms with Gasteiger partial charge in [-0.1, -0.05) is 32.1 Å². The van der Waals surface area contributed by atoms with Gasteiger partial charge in [0.1, 0.15) is 0 Å². The van der Waals surface area contributed by atoms with E-state index in [1.165, 1.54) is 57.8 Å². The lowest BCUT2D eigenvalue weighted by atomic mass is 9.96. The Kier molecular flexibility index (Phi) is 5.08. The lowest BCUT2D eigenvalue weighted by molar-refractivity contribution is 0.312. The summed E-state index contributed by atoms with van der Waals surface area (Å²) in [6.07, 6.45) is 12.2. The van der Waals surface area contributed by atoms with E-state index >= 15 is 0 Å². The minimum absolute atomic E-state index is 0.645. The van der Waals surface area contributed by atoms with Crippen LogP contribution in [0, 0.1) is 0 Å². The Morgan fingerprint density at radius 2 is 1.65 bits per heavy atom. The number of thiocarbonyl (C=S) groups is 1. The molecular formula is C14H26N2S. The van der Waals surface area contributed by atoms with Crippen LogP contribution in [-0.2, 0) is 0 Å². The molecule has 0 radical (unpaired) electrons. The Hall–Kier alpha value is -0.310. The molecular weight excluding hydrogens is 228 g/mol. The first-order valence-corrected chi connectivity index (χ1v) is 7.79. The number of hydrogen-bond acceptors (Lipinski definition) is 1. The van der Waals surface area contributed by atoms with Gasteiger partial charge in [-0.25, -0.2) is 0 Å². The molecule has 0 aromatic carbocycles. The Morgan fingerprint density at radius 1 is 1.06 bits per heavy atom. The Balaban J connectivity index is 1.83. The predicted octanol–water partition coefficient (Wildman–Crippen LogP) is 3.46. The minimum atomic E-state index is 0.645. The Bertz CT molecular complexity index is 243. The van der Waals surface area contributed by atoms with Gasteiger partial charge in [0.15, 0.2) is 5.11 Å². The van der Waals surface area contributed by atoms with Crippen molar-refractivity contribution >= 4 is 17.3 Å². The molecule has 0 saturated heterocycles. The van der Waals surface area contributed by atoms with Gasteiger partial charge in [0, 0.05) is 18.6 Å². The summed E-state index contributed by atoms with van der Waals surface area (Å²) in [5.41, 5.74) is 0. The van der Waals surface area contributed by atoms with Crippen molar-refractivity contribution in [3.05, 3.63) is 0 Å². The highest BCUT2D eigenvalue weighted by Gasteiger charge is 2.24. The average Bonchev–Trinajstić information content (AvgIpc) is 2.85. The van der Waals surface area contributed by atoms with Crippen LogP contribution >= 0.6 is 12.2 Å². The molecule has 0 unspecified atom stereocenters. The quantitative estimate of drug-likeness (QED) is 0.777. The summed E-state index contributed by atoms with van der Waals surface area (Å²) in [6, 6.07) is 1.36. The Labute approximate surface area is 111 Å². The third-order valence-corrected chi connectivity index (χ3v) is 4.65. The first-order valence-electron chi connectivity index (χ1n) is 7.38. The molecule has 98 valence electrons. The first kappa shape index (κ1) is 13.1. The van der Waals surface area contributed by atoms with Crippen LogP contribution in [0.4, 0.5) is 0 Å². The second-order valence-electron chi connectivity index (χ2n) is 5.51. The van der Waals surface area contributed by atoms with Crippen molar-refractivity contribution in [1.29, 1.82) is 0 Å². The zero-order valence-corrected chi connectivity index (χ0v) is 11.9. The van der Waals surface area contributed by atoms with Crippen molar-refractivity contribution in [2.24, 2.45) is 0 Å². The summed E-state index contributed by atoms with van der Waals surface area (Å²) in [7, 11) is 0. The molecule has 0 aromatic heterocycles. The van der Waals surface area contributed by atoms with Crippen LogP contribution in [0.1, 0.15) is 64.7 Å². The van der Waals surface area contributed by atoms with Gasteiger partial charge in [-0.3, -0.25) is 0 Å². The van der Waals surface area contributed by atoms with Crippen LogP contribution in [0.2, 0.25) is 0 Å². The first-order chi connectivity index (χ1) is 8.31. The number of rotatable bonds is 3. The van der Waals surface area contributed by atoms with Crippen LogP contribution in [0.3, 0.4) is 0 Å². The van der Waals surface area contributed by atoms with E-state index in [0.717, 1.165) is 11.7 Å². The molecule has 17 heavy (non-hydrogen) atoms. The zero-order chi connectivity index (χ0) is 12.1. The van der Waals surface area contributed by atoms with Crippen molar-refractivity contribution in [1.82, 2.24) is 10.2 Å². The van der Waals surface area contributed by atoms with Gasteiger partial charge < -0.3 is 10.2 Å². The third kappa shape index (κ3) is 3.57. The summed E-state index contributed by atoms with van der Waals surface area (Å²) in [4.78, 5) is 2.43. The molecule has 2 saturated carbocycles. The van der Waals surface area contributed by atoms with Gasteiger partial charge in [0.25, 0.3) is 0 Å². The van der Waals surface area contributed by atoms with E-state index in [4.69, 9.17) is 12.2 Å². The number of nitrogens with one attached hydrogen (secondary N) is 1. The summed E-state index contributed by atoms with van der Waals surface area (Å²) in [5, 5.41) is 4.62. The van der Waals surface area contributed by atoms with Crippen molar-refractivity contribution in [3.63, 3.8) is 0 Å². The van der Waals surface area contributed by atoms with Crippen molar-refractivity contribution in [3.8, 4) is 0 Å². The molecule has 2 fully saturated rings. The smallest absolute Gasteiger partial charge is 0.169 e. The van der Waals surface area contributed by atoms with Crippen molar-refractivity contribution < 1.29 is 0 Å². The normalized spacial score (nSPS) is 22.6. The maximum atomic E-state index is 5.61. The summed E-state index contributed by atoms with van der Waals surface area (Å²) in [5.74, 6) is 0. The minimum Gasteiger partial charge on any atom is -0.360 e. The second-order valence-corrected chi connectivity index (χ2v) is 5.90. The third-order valence-electron chi connectivity index (χ3n) is 4.30. The van der Waals surface area contributed by atoms with E-state index in [1.807, 2.05) is 0 Å². The van der Waals surface area contributed by atoms with Gasteiger partial charge in [0.2, 0.25) is 0 Å². The molecule has 2 aliphatic rings. The van der Waals surface area contributed by atoms with Gasteiger partial charge in [-0.15, -0.1) is 0 Å². The molecule has 3 heteroatoms. The zero-order valence-electron chi connectivity index (χ0n) is 11.1. The highest BCUT2D eigenvalue weighted by atomic mass is 32.1. The van der Waals surface area contributed by atoms with E-state index in [9.17, 15) is 0 Å². The fraction of sp³-hybridized carbons (Fsp3) is 0.929. The molecule has 2 rings (SSSR count). The highest BCUT2D eigenvalue weighted by molar-refractivity contribution is 7.80. The van der Waals surface area contributed by atoms with E-state index in [-0.39, 0.29) is 0 Å². The molecule has 0 aromatic rings. The topological polar surface area (TPSA) is 15.3 Å². The molecule has 0 heterocycles. The second kappa shape index (κ2) is 6.58. The molecule has 0 spiro atoms. The van der Waals surface area contributed by atoms with Crippen LogP contribution in [0.5, 0.6) is 0 Å². The molecule has 0 amide bonds. The van der Waals surface area contributed by atoms with E-state index in [0.29, 0.717) is 12.1 Å². The maximum absolute atomic E-state index is 5.61. The van der Waals surface area contributed by atoms with Crippen molar-refractivity contribution in [2.75, 3.05) is 6.54 Å². The largest absolute Gasteiger partial charge is 0.360 e. The number of nitrogens with zero attached hydrogens (tertiary/aromatic N) is 1. The van der Waals surface area contributed by atoms with Gasteiger partial charge >= 0.3 is 0 Å². The molecule has 0 atom stereocenters. The van der Waals surface area contributed by atoms with Gasteiger partial charge in [0.05, 0.1) is 0 Å².